The lowest BCUT2D eigenvalue weighted by Gasteiger charge is -2.27. The van der Waals surface area contributed by atoms with Crippen LogP contribution in [-0.2, 0) is 13.6 Å². The van der Waals surface area contributed by atoms with E-state index in [2.05, 4.69) is 15.5 Å². The fourth-order valence-corrected chi connectivity index (χ4v) is 5.56. The monoisotopic (exact) mass is 455 g/mol. The average Bonchev–Trinajstić information content (AvgIpc) is 3.16. The van der Waals surface area contributed by atoms with Gasteiger partial charge in [0.1, 0.15) is 10.8 Å². The van der Waals surface area contributed by atoms with E-state index in [1.807, 2.05) is 0 Å². The van der Waals surface area contributed by atoms with Gasteiger partial charge in [-0.15, -0.1) is 10.2 Å². The Morgan fingerprint density at radius 1 is 1.14 bits per heavy atom. The fourth-order valence-electron chi connectivity index (χ4n) is 2.67. The van der Waals surface area contributed by atoms with Gasteiger partial charge in [0.15, 0.2) is 5.78 Å². The Kier molecular flexibility index (Phi) is 7.38. The molecule has 3 rings (SSSR count). The van der Waals surface area contributed by atoms with Crippen molar-refractivity contribution in [2.75, 3.05) is 18.5 Å². The first kappa shape index (κ1) is 21.9. The van der Waals surface area contributed by atoms with Crippen LogP contribution in [0, 0.1) is 5.82 Å². The van der Waals surface area contributed by atoms with Crippen LogP contribution < -0.4 is 5.32 Å². The molecule has 1 heterocycles. The second-order valence-corrected chi connectivity index (χ2v) is 9.42. The molecule has 154 valence electrons. The predicted molar refractivity (Wildman–Crippen MR) is 114 cm³/mol. The molecule has 0 bridgehead atoms. The van der Waals surface area contributed by atoms with E-state index in [4.69, 9.17) is 20.6 Å². The molecular formula is C19H20ClFN3O3PS. The summed E-state index contributed by atoms with van der Waals surface area (Å²) in [6.07, 6.45) is 0. The summed E-state index contributed by atoms with van der Waals surface area (Å²) in [5.74, 6) is -1.17. The molecule has 1 unspecified atom stereocenters. The molecule has 2 aromatic carbocycles. The molecule has 0 aliphatic heterocycles. The van der Waals surface area contributed by atoms with Crippen molar-refractivity contribution in [1.82, 2.24) is 10.2 Å². The molecule has 0 saturated carbocycles. The number of hydrogen-bond acceptors (Lipinski definition) is 7. The Morgan fingerprint density at radius 3 is 2.45 bits per heavy atom. The van der Waals surface area contributed by atoms with Crippen LogP contribution in [0.4, 0.5) is 9.52 Å². The lowest BCUT2D eigenvalue weighted by molar-refractivity contribution is 0.214. The Balaban J connectivity index is 1.95. The van der Waals surface area contributed by atoms with Gasteiger partial charge in [-0.25, -0.2) is 4.39 Å². The van der Waals surface area contributed by atoms with Crippen molar-refractivity contribution in [2.24, 2.45) is 0 Å². The lowest BCUT2D eigenvalue weighted by Crippen LogP contribution is -2.15. The van der Waals surface area contributed by atoms with Crippen molar-refractivity contribution in [1.29, 1.82) is 0 Å². The summed E-state index contributed by atoms with van der Waals surface area (Å²) in [5, 5.41) is 12.8. The number of anilines is 1. The number of halogens is 2. The minimum atomic E-state index is -3.58. The number of aromatic nitrogens is 2. The third-order valence-corrected chi connectivity index (χ3v) is 7.33. The number of benzene rings is 2. The molecule has 1 aromatic heterocycles. The van der Waals surface area contributed by atoms with Crippen molar-refractivity contribution >= 4 is 35.7 Å². The van der Waals surface area contributed by atoms with Gasteiger partial charge in [-0.05, 0) is 43.7 Å². The van der Waals surface area contributed by atoms with Crippen LogP contribution in [0.5, 0.6) is 0 Å². The van der Waals surface area contributed by atoms with Gasteiger partial charge in [0, 0.05) is 10.6 Å². The molecule has 0 aliphatic carbocycles. The highest BCUT2D eigenvalue weighted by Gasteiger charge is 2.37. The Hall–Kier alpha value is -1.83. The quantitative estimate of drug-likeness (QED) is 0.378. The largest absolute Gasteiger partial charge is 0.357 e. The number of nitrogens with zero attached hydrogens (tertiary/aromatic N) is 2. The molecule has 0 spiro atoms. The van der Waals surface area contributed by atoms with E-state index in [0.29, 0.717) is 26.3 Å². The van der Waals surface area contributed by atoms with Gasteiger partial charge in [-0.2, -0.15) is 0 Å². The average molecular weight is 456 g/mol. The second kappa shape index (κ2) is 9.78. The van der Waals surface area contributed by atoms with Gasteiger partial charge < -0.3 is 14.4 Å². The molecule has 29 heavy (non-hydrogen) atoms. The SMILES string of the molecule is CCOP(=O)(OCC)C(Nc1nnc(-c2cccc(F)c2)s1)c1ccc(Cl)cc1. The first-order valence-electron chi connectivity index (χ1n) is 8.95. The first-order valence-corrected chi connectivity index (χ1v) is 11.8. The van der Waals surface area contributed by atoms with E-state index >= 15 is 0 Å². The lowest BCUT2D eigenvalue weighted by atomic mass is 10.2. The molecule has 10 heteroatoms. The van der Waals surface area contributed by atoms with E-state index in [0.717, 1.165) is 0 Å². The van der Waals surface area contributed by atoms with Crippen molar-refractivity contribution in [3.05, 3.63) is 64.9 Å². The number of rotatable bonds is 9. The summed E-state index contributed by atoms with van der Waals surface area (Å²) < 4.78 is 38.1. The van der Waals surface area contributed by atoms with E-state index < -0.39 is 13.4 Å². The van der Waals surface area contributed by atoms with Crippen LogP contribution in [-0.4, -0.2) is 23.4 Å². The highest BCUT2D eigenvalue weighted by atomic mass is 35.5. The Labute approximate surface area is 177 Å². The molecule has 1 atom stereocenters. The maximum absolute atomic E-state index is 13.5. The fraction of sp³-hybridized carbons (Fsp3) is 0.263. The Morgan fingerprint density at radius 2 is 1.83 bits per heavy atom. The zero-order chi connectivity index (χ0) is 20.9. The van der Waals surface area contributed by atoms with E-state index in [1.165, 1.54) is 23.5 Å². The summed E-state index contributed by atoms with van der Waals surface area (Å²) in [6, 6.07) is 13.0. The molecule has 0 aliphatic rings. The van der Waals surface area contributed by atoms with Crippen LogP contribution in [0.2, 0.25) is 5.02 Å². The molecular weight excluding hydrogens is 436 g/mol. The highest BCUT2D eigenvalue weighted by Crippen LogP contribution is 2.61. The van der Waals surface area contributed by atoms with Gasteiger partial charge >= 0.3 is 7.60 Å². The molecule has 3 aromatic rings. The minimum absolute atomic E-state index is 0.216. The zero-order valence-electron chi connectivity index (χ0n) is 15.8. The first-order chi connectivity index (χ1) is 13.9. The number of nitrogens with one attached hydrogen (secondary N) is 1. The van der Waals surface area contributed by atoms with Gasteiger partial charge in [-0.3, -0.25) is 4.57 Å². The second-order valence-electron chi connectivity index (χ2n) is 5.90. The van der Waals surface area contributed by atoms with Crippen LogP contribution in [0.25, 0.3) is 10.6 Å². The topological polar surface area (TPSA) is 73.3 Å². The zero-order valence-corrected chi connectivity index (χ0v) is 18.3. The third kappa shape index (κ3) is 5.41. The van der Waals surface area contributed by atoms with Crippen LogP contribution in [0.3, 0.4) is 0 Å². The molecule has 0 amide bonds. The highest BCUT2D eigenvalue weighted by molar-refractivity contribution is 7.54. The van der Waals surface area contributed by atoms with Crippen molar-refractivity contribution in [3.8, 4) is 10.6 Å². The summed E-state index contributed by atoms with van der Waals surface area (Å²) in [5.41, 5.74) is 1.28. The maximum Gasteiger partial charge on any atom is 0.357 e. The summed E-state index contributed by atoms with van der Waals surface area (Å²) in [7, 11) is -3.58. The normalized spacial score (nSPS) is 12.7. The van der Waals surface area contributed by atoms with E-state index in [9.17, 15) is 8.96 Å². The third-order valence-electron chi connectivity index (χ3n) is 3.88. The van der Waals surface area contributed by atoms with E-state index in [-0.39, 0.29) is 19.0 Å². The van der Waals surface area contributed by atoms with Crippen molar-refractivity contribution in [3.63, 3.8) is 0 Å². The predicted octanol–water partition coefficient (Wildman–Crippen LogP) is 6.37. The molecule has 0 fully saturated rings. The van der Waals surface area contributed by atoms with Gasteiger partial charge in [0.25, 0.3) is 0 Å². The standard InChI is InChI=1S/C19H20ClFN3O3PS/c1-3-26-28(25,27-4-2)17(13-8-10-15(20)11-9-13)22-19-24-23-18(29-19)14-6-5-7-16(21)12-14/h5-12,17H,3-4H2,1-2H3,(H,22,24). The van der Waals surface area contributed by atoms with Gasteiger partial charge in [-0.1, -0.05) is 47.2 Å². The van der Waals surface area contributed by atoms with Crippen LogP contribution in [0.1, 0.15) is 25.2 Å². The number of hydrogen-bond donors (Lipinski definition) is 1. The van der Waals surface area contributed by atoms with Crippen LogP contribution in [0.15, 0.2) is 48.5 Å². The van der Waals surface area contributed by atoms with E-state index in [1.54, 1.807) is 50.2 Å². The van der Waals surface area contributed by atoms with Crippen molar-refractivity contribution in [2.45, 2.75) is 19.6 Å². The molecule has 0 saturated heterocycles. The van der Waals surface area contributed by atoms with Crippen LogP contribution >= 0.6 is 30.5 Å². The maximum atomic E-state index is 13.5. The van der Waals surface area contributed by atoms with Crippen molar-refractivity contribution < 1.29 is 18.0 Å². The summed E-state index contributed by atoms with van der Waals surface area (Å²) >= 11 is 7.21. The molecule has 0 radical (unpaired) electrons. The minimum Gasteiger partial charge on any atom is -0.342 e. The summed E-state index contributed by atoms with van der Waals surface area (Å²) in [6.45, 7) is 3.93. The van der Waals surface area contributed by atoms with Gasteiger partial charge in [0.2, 0.25) is 5.13 Å². The molecule has 1 N–H and O–H groups in total. The molecule has 6 nitrogen and oxygen atoms in total. The smallest absolute Gasteiger partial charge is 0.342 e. The van der Waals surface area contributed by atoms with Gasteiger partial charge in [0.05, 0.1) is 13.2 Å². The summed E-state index contributed by atoms with van der Waals surface area (Å²) in [4.78, 5) is 0. The Bertz CT molecular complexity index is 992.